The highest BCUT2D eigenvalue weighted by Gasteiger charge is 2.29. The minimum atomic E-state index is -1.18. The van der Waals surface area contributed by atoms with Gasteiger partial charge in [-0.3, -0.25) is 24.0 Å². The first kappa shape index (κ1) is 92.0. The topological polar surface area (TPSA) is 146 Å². The molecule has 110 heavy (non-hydrogen) atoms. The van der Waals surface area contributed by atoms with Crippen molar-refractivity contribution >= 4 is 58.0 Å². The lowest BCUT2D eigenvalue weighted by Crippen LogP contribution is -2.22. The van der Waals surface area contributed by atoms with Crippen LogP contribution in [0.5, 0.6) is 0 Å². The lowest BCUT2D eigenvalue weighted by atomic mass is 9.99. The first-order valence-electron chi connectivity index (χ1n) is 44.3. The Balaban J connectivity index is 1.48. The molecule has 0 aromatic heterocycles. The van der Waals surface area contributed by atoms with E-state index in [0.717, 1.165) is 161 Å². The number of fused-ring (bicyclic) bond motifs is 10. The minimum absolute atomic E-state index is 0.365. The number of nitrogens with one attached hydrogen (secondary N) is 5. The smallest absolute Gasteiger partial charge is 0.258 e. The summed E-state index contributed by atoms with van der Waals surface area (Å²) in [6.07, 6.45) is 54.6. The molecule has 10 nitrogen and oxygen atoms in total. The molecule has 5 aromatic rings. The molecular formula is C95H140F5N5O5. The van der Waals surface area contributed by atoms with Gasteiger partial charge in [-0.05, 0) is 153 Å². The van der Waals surface area contributed by atoms with E-state index < -0.39 is 115 Å². The fourth-order valence-electron chi connectivity index (χ4n) is 15.5. The highest BCUT2D eigenvalue weighted by molar-refractivity contribution is 6.12. The predicted octanol–water partition coefficient (Wildman–Crippen LogP) is 29.3. The van der Waals surface area contributed by atoms with Gasteiger partial charge in [-0.25, -0.2) is 22.0 Å². The van der Waals surface area contributed by atoms with Crippen LogP contribution in [0.15, 0.2) is 60.7 Å². The first-order valence-corrected chi connectivity index (χ1v) is 44.3. The maximum Gasteiger partial charge on any atom is 0.258 e. The van der Waals surface area contributed by atoms with Crippen molar-refractivity contribution in [3.8, 4) is 0 Å². The van der Waals surface area contributed by atoms with Gasteiger partial charge in [0, 0.05) is 0 Å². The third-order valence-corrected chi connectivity index (χ3v) is 22.2. The van der Waals surface area contributed by atoms with Crippen LogP contribution in [0, 0.1) is 29.1 Å². The number of hydrogen-bond donors (Lipinski definition) is 5. The second-order valence-corrected chi connectivity index (χ2v) is 32.0. The van der Waals surface area contributed by atoms with E-state index in [2.05, 4.69) is 61.2 Å². The first-order chi connectivity index (χ1) is 53.6. The summed E-state index contributed by atoms with van der Waals surface area (Å²) in [5.41, 5.74) is -2.57. The van der Waals surface area contributed by atoms with E-state index in [4.69, 9.17) is 0 Å². The molecular weight excluding hydrogens is 1390 g/mol. The molecule has 6 rings (SSSR count). The van der Waals surface area contributed by atoms with Crippen LogP contribution in [0.1, 0.15) is 435 Å². The van der Waals surface area contributed by atoms with E-state index in [1.54, 1.807) is 0 Å². The summed E-state index contributed by atoms with van der Waals surface area (Å²) in [5, 5.41) is 13.0. The van der Waals surface area contributed by atoms with E-state index in [1.807, 2.05) is 0 Å². The van der Waals surface area contributed by atoms with Gasteiger partial charge in [-0.15, -0.1) is 0 Å². The zero-order valence-electron chi connectivity index (χ0n) is 68.6. The van der Waals surface area contributed by atoms with E-state index in [0.29, 0.717) is 92.0 Å². The monoisotopic (exact) mass is 1530 g/mol. The van der Waals surface area contributed by atoms with Crippen molar-refractivity contribution in [3.05, 3.63) is 145 Å². The van der Waals surface area contributed by atoms with Crippen molar-refractivity contribution < 1.29 is 45.9 Å². The van der Waals surface area contributed by atoms with E-state index in [-0.39, 0.29) is 0 Å². The third kappa shape index (κ3) is 33.8. The maximum atomic E-state index is 17.7. The number of carbonyl (C=O) groups is 5. The number of rotatable bonds is 55. The SMILES string of the molecule is CCCCCCCCCCCCc1cc2c(F)c(c1)C(=O)Nc1cc(CCCCCCCCCCCC)cc(c1F)C(=O)Nc1cc(CCCCCCCCCCCC)cc(c1F)C(=O)Nc1cc(CCCCCCCCCCCC)cc(c1F)C(=O)Nc1cc(CCCCCCCCCCCC)cc(c1F)C(=O)N2. The Morgan fingerprint density at radius 1 is 0.182 bits per heavy atom. The van der Waals surface area contributed by atoms with Gasteiger partial charge in [0.15, 0.2) is 29.1 Å². The Kier molecular flexibility index (Phi) is 45.8. The molecule has 0 aliphatic carbocycles. The number of carbonyl (C=O) groups excluding carboxylic acids is 5. The number of halogens is 5. The van der Waals surface area contributed by atoms with Crippen LogP contribution in [0.3, 0.4) is 0 Å². The molecule has 5 N–H and O–H groups in total. The van der Waals surface area contributed by atoms with Crippen molar-refractivity contribution in [1.29, 1.82) is 0 Å². The van der Waals surface area contributed by atoms with Gasteiger partial charge in [-0.1, -0.05) is 324 Å². The van der Waals surface area contributed by atoms with Gasteiger partial charge >= 0.3 is 0 Å². The van der Waals surface area contributed by atoms with Crippen LogP contribution < -0.4 is 26.6 Å². The van der Waals surface area contributed by atoms with E-state index >= 15 is 22.0 Å². The fourth-order valence-corrected chi connectivity index (χ4v) is 15.5. The van der Waals surface area contributed by atoms with Crippen LogP contribution in [0.2, 0.25) is 0 Å². The Morgan fingerprint density at radius 3 is 0.427 bits per heavy atom. The quantitative estimate of drug-likeness (QED) is 0.0194. The van der Waals surface area contributed by atoms with Gasteiger partial charge in [-0.2, -0.15) is 0 Å². The van der Waals surface area contributed by atoms with Crippen molar-refractivity contribution in [1.82, 2.24) is 0 Å². The lowest BCUT2D eigenvalue weighted by molar-refractivity contribution is 0.100. The molecule has 5 amide bonds. The fraction of sp³-hybridized carbons (Fsp3) is 0.632. The molecule has 10 bridgehead atoms. The molecule has 0 radical (unpaired) electrons. The zero-order chi connectivity index (χ0) is 78.9. The molecule has 1 heterocycles. The van der Waals surface area contributed by atoms with E-state index in [1.165, 1.54) is 189 Å². The number of amides is 5. The molecule has 1 aliphatic heterocycles. The van der Waals surface area contributed by atoms with Crippen LogP contribution in [-0.4, -0.2) is 29.5 Å². The lowest BCUT2D eigenvalue weighted by Gasteiger charge is -2.17. The second-order valence-electron chi connectivity index (χ2n) is 32.0. The molecule has 610 valence electrons. The molecule has 15 heteroatoms. The zero-order valence-corrected chi connectivity index (χ0v) is 68.6. The van der Waals surface area contributed by atoms with E-state index in [9.17, 15) is 24.0 Å². The second kappa shape index (κ2) is 54.7. The molecule has 1 aliphatic rings. The summed E-state index contributed by atoms with van der Waals surface area (Å²) in [6.45, 7) is 11.0. The molecule has 0 unspecified atom stereocenters. The number of aryl methyl sites for hydroxylation is 5. The van der Waals surface area contributed by atoms with Crippen molar-refractivity contribution in [2.24, 2.45) is 0 Å². The Hall–Kier alpha value is -6.90. The van der Waals surface area contributed by atoms with Crippen molar-refractivity contribution in [2.75, 3.05) is 26.6 Å². The molecule has 0 spiro atoms. The highest BCUT2D eigenvalue weighted by atomic mass is 19.1. The normalized spacial score (nSPS) is 12.7. The van der Waals surface area contributed by atoms with Crippen LogP contribution in [-0.2, 0) is 32.1 Å². The van der Waals surface area contributed by atoms with Gasteiger partial charge in [0.1, 0.15) is 0 Å². The van der Waals surface area contributed by atoms with Crippen molar-refractivity contribution in [3.63, 3.8) is 0 Å². The standard InChI is InChI=1S/C95H140F5N5O5/c1-6-11-16-21-26-31-36-41-46-51-56-71-61-76-86(96)81(66-71)101-92(107)77-62-72(57-52-47-42-37-32-27-22-17-12-7-2)68-83(87(77)97)103-94(109)79-64-74(59-54-49-44-39-34-29-24-19-14-9-4)70-85(89(79)99)105-95(110)80-65-75(60-55-50-45-40-35-30-25-20-15-10-5)69-84(90(80)100)104-93(108)78-63-73(67-82(88(78)98)102-91(76)106)58-53-48-43-38-33-28-23-18-13-8-3/h61-70H,6-60H2,1-5H3,(H,101,107)(H,102,106)(H,103,109)(H,104,108)(H,105,110). The average molecular weight is 1530 g/mol. The number of benzene rings is 5. The molecule has 0 saturated carbocycles. The summed E-state index contributed by atoms with van der Waals surface area (Å²) in [6, 6.07) is 14.0. The molecule has 0 atom stereocenters. The van der Waals surface area contributed by atoms with Gasteiger partial charge in [0.25, 0.3) is 29.5 Å². The molecule has 0 fully saturated rings. The Morgan fingerprint density at radius 2 is 0.300 bits per heavy atom. The Bertz CT molecular complexity index is 3020. The van der Waals surface area contributed by atoms with Crippen LogP contribution >= 0.6 is 0 Å². The van der Waals surface area contributed by atoms with Gasteiger partial charge in [0.2, 0.25) is 0 Å². The van der Waals surface area contributed by atoms with Gasteiger partial charge in [0.05, 0.1) is 56.3 Å². The maximum absolute atomic E-state index is 17.7. The Labute approximate surface area is 660 Å². The number of unbranched alkanes of at least 4 members (excludes halogenated alkanes) is 45. The summed E-state index contributed by atoms with van der Waals surface area (Å²) in [7, 11) is 0. The molecule has 5 aromatic carbocycles. The number of hydrogen-bond acceptors (Lipinski definition) is 5. The summed E-state index contributed by atoms with van der Waals surface area (Å²) in [5.74, 6) is -11.4. The predicted molar refractivity (Wildman–Crippen MR) is 450 cm³/mol. The third-order valence-electron chi connectivity index (χ3n) is 22.2. The highest BCUT2D eigenvalue weighted by Crippen LogP contribution is 2.34. The van der Waals surface area contributed by atoms with Crippen molar-refractivity contribution in [2.45, 2.75) is 388 Å². The van der Waals surface area contributed by atoms with Crippen LogP contribution in [0.25, 0.3) is 0 Å². The summed E-state index contributed by atoms with van der Waals surface area (Å²) < 4.78 is 88.3. The van der Waals surface area contributed by atoms with Gasteiger partial charge < -0.3 is 26.6 Å². The summed E-state index contributed by atoms with van der Waals surface area (Å²) >= 11 is 0. The summed E-state index contributed by atoms with van der Waals surface area (Å²) in [4.78, 5) is 74.8. The molecule has 0 saturated heterocycles. The van der Waals surface area contributed by atoms with Crippen LogP contribution in [0.4, 0.5) is 50.4 Å². The average Bonchev–Trinajstić information content (AvgIpc) is 0.849. The minimum Gasteiger partial charge on any atom is -0.319 e. The largest absolute Gasteiger partial charge is 0.319 e. The number of anilines is 5.